The zero-order valence-corrected chi connectivity index (χ0v) is 21.4. The predicted octanol–water partition coefficient (Wildman–Crippen LogP) is 1.65. The fourth-order valence-electron chi connectivity index (χ4n) is 5.73. The molecule has 0 aliphatic carbocycles. The van der Waals surface area contributed by atoms with E-state index >= 15 is 0 Å². The Kier molecular flexibility index (Phi) is 6.62. The summed E-state index contributed by atoms with van der Waals surface area (Å²) in [6, 6.07) is 12.1. The van der Waals surface area contributed by atoms with Gasteiger partial charge < -0.3 is 24.8 Å². The molecule has 3 heterocycles. The first-order valence-corrected chi connectivity index (χ1v) is 12.7. The Morgan fingerprint density at radius 1 is 1.05 bits per heavy atom. The number of para-hydroxylation sites is 1. The van der Waals surface area contributed by atoms with Gasteiger partial charge >= 0.3 is 0 Å². The van der Waals surface area contributed by atoms with Crippen LogP contribution in [0.15, 0.2) is 42.5 Å². The third kappa shape index (κ3) is 4.65. The minimum Gasteiger partial charge on any atom is -0.496 e. The van der Waals surface area contributed by atoms with Gasteiger partial charge in [-0.3, -0.25) is 19.2 Å². The van der Waals surface area contributed by atoms with Gasteiger partial charge in [0.1, 0.15) is 18.0 Å². The molecule has 3 fully saturated rings. The van der Waals surface area contributed by atoms with Crippen LogP contribution in [0.1, 0.15) is 39.9 Å². The Hall–Kier alpha value is -3.88. The van der Waals surface area contributed by atoms with Crippen LogP contribution in [0, 0.1) is 13.8 Å². The van der Waals surface area contributed by atoms with E-state index in [0.29, 0.717) is 30.8 Å². The first-order valence-electron chi connectivity index (χ1n) is 12.7. The van der Waals surface area contributed by atoms with Gasteiger partial charge in [-0.1, -0.05) is 35.9 Å². The van der Waals surface area contributed by atoms with Gasteiger partial charge in [-0.2, -0.15) is 0 Å². The standard InChI is InChI=1S/C28H32N4O5/c1-17-8-9-18(2)21(12-17)27(35)30-10-11-31-25(30)15-26(34)32-16-20(14-22(32)28(31)36)29-24(33)13-19-6-4-5-7-23(19)37-3/h4-9,12,20,22,25H,10-11,13-16H2,1-3H3,(H,29,33). The largest absolute Gasteiger partial charge is 0.496 e. The molecular formula is C28H32N4O5. The van der Waals surface area contributed by atoms with E-state index in [9.17, 15) is 19.2 Å². The van der Waals surface area contributed by atoms with Crippen LogP contribution in [-0.4, -0.2) is 83.3 Å². The first-order chi connectivity index (χ1) is 17.8. The molecule has 0 spiro atoms. The molecule has 4 amide bonds. The molecule has 0 aromatic heterocycles. The highest BCUT2D eigenvalue weighted by molar-refractivity contribution is 5.98. The third-order valence-corrected chi connectivity index (χ3v) is 7.64. The van der Waals surface area contributed by atoms with Crippen LogP contribution in [0.25, 0.3) is 0 Å². The van der Waals surface area contributed by atoms with Crippen molar-refractivity contribution in [1.29, 1.82) is 0 Å². The number of rotatable bonds is 5. The summed E-state index contributed by atoms with van der Waals surface area (Å²) < 4.78 is 5.33. The van der Waals surface area contributed by atoms with E-state index in [4.69, 9.17) is 4.74 Å². The minimum absolute atomic E-state index is 0.0563. The fourth-order valence-corrected chi connectivity index (χ4v) is 5.73. The normalized spacial score (nSPS) is 23.0. The van der Waals surface area contributed by atoms with Crippen LogP contribution < -0.4 is 10.1 Å². The molecule has 37 heavy (non-hydrogen) atoms. The summed E-state index contributed by atoms with van der Waals surface area (Å²) in [5.41, 5.74) is 3.23. The summed E-state index contributed by atoms with van der Waals surface area (Å²) in [4.78, 5) is 57.9. The first kappa shape index (κ1) is 24.8. The maximum absolute atomic E-state index is 13.6. The van der Waals surface area contributed by atoms with E-state index in [2.05, 4.69) is 5.32 Å². The second-order valence-electron chi connectivity index (χ2n) is 10.1. The zero-order valence-electron chi connectivity index (χ0n) is 21.4. The molecule has 9 nitrogen and oxygen atoms in total. The number of benzene rings is 2. The van der Waals surface area contributed by atoms with E-state index in [0.717, 1.165) is 16.7 Å². The number of carbonyl (C=O) groups excluding carboxylic acids is 4. The lowest BCUT2D eigenvalue weighted by Gasteiger charge is -2.29. The molecule has 3 saturated heterocycles. The highest BCUT2D eigenvalue weighted by Crippen LogP contribution is 2.31. The molecule has 2 aromatic rings. The summed E-state index contributed by atoms with van der Waals surface area (Å²) in [6.45, 7) is 4.89. The zero-order chi connectivity index (χ0) is 26.3. The van der Waals surface area contributed by atoms with Gasteiger partial charge in [-0.25, -0.2) is 0 Å². The highest BCUT2D eigenvalue weighted by atomic mass is 16.5. The number of aryl methyl sites for hydroxylation is 2. The van der Waals surface area contributed by atoms with Crippen molar-refractivity contribution >= 4 is 23.6 Å². The quantitative estimate of drug-likeness (QED) is 0.668. The molecule has 9 heteroatoms. The van der Waals surface area contributed by atoms with Crippen molar-refractivity contribution in [3.63, 3.8) is 0 Å². The molecule has 3 atom stereocenters. The van der Waals surface area contributed by atoms with Crippen LogP contribution in [-0.2, 0) is 20.8 Å². The van der Waals surface area contributed by atoms with Crippen molar-refractivity contribution in [2.24, 2.45) is 0 Å². The number of amides is 4. The van der Waals surface area contributed by atoms with Crippen LogP contribution in [0.3, 0.4) is 0 Å². The van der Waals surface area contributed by atoms with E-state index in [1.54, 1.807) is 27.9 Å². The third-order valence-electron chi connectivity index (χ3n) is 7.64. The van der Waals surface area contributed by atoms with Crippen molar-refractivity contribution < 1.29 is 23.9 Å². The lowest BCUT2D eigenvalue weighted by molar-refractivity contribution is -0.139. The number of ether oxygens (including phenoxy) is 1. The maximum atomic E-state index is 13.6. The number of methoxy groups -OCH3 is 1. The molecule has 3 aliphatic heterocycles. The maximum Gasteiger partial charge on any atom is 0.255 e. The molecule has 5 rings (SSSR count). The molecule has 3 aliphatic rings. The van der Waals surface area contributed by atoms with Gasteiger partial charge in [-0.15, -0.1) is 0 Å². The topological polar surface area (TPSA) is 99.3 Å². The Morgan fingerprint density at radius 3 is 2.62 bits per heavy atom. The van der Waals surface area contributed by atoms with E-state index in [1.807, 2.05) is 50.2 Å². The van der Waals surface area contributed by atoms with Crippen LogP contribution in [0.5, 0.6) is 5.75 Å². The summed E-state index contributed by atoms with van der Waals surface area (Å²) in [6.07, 6.45) is -0.0232. The molecule has 0 bridgehead atoms. The summed E-state index contributed by atoms with van der Waals surface area (Å²) >= 11 is 0. The average Bonchev–Trinajstić information content (AvgIpc) is 3.47. The van der Waals surface area contributed by atoms with Crippen molar-refractivity contribution in [3.8, 4) is 5.75 Å². The molecule has 1 N–H and O–H groups in total. The highest BCUT2D eigenvalue weighted by Gasteiger charge is 2.50. The van der Waals surface area contributed by atoms with Gasteiger partial charge in [-0.05, 0) is 38.0 Å². The molecule has 0 saturated carbocycles. The number of fused-ring (bicyclic) bond motifs is 2. The second kappa shape index (κ2) is 9.88. The SMILES string of the molecule is COc1ccccc1CC(=O)NC1CC2C(=O)N3CCN(C(=O)c4cc(C)ccc4C)C3CC(=O)N2C1. The second-order valence-corrected chi connectivity index (χ2v) is 10.1. The molecule has 0 radical (unpaired) electrons. The van der Waals surface area contributed by atoms with Crippen molar-refractivity contribution in [3.05, 3.63) is 64.7 Å². The molecule has 194 valence electrons. The number of nitrogens with one attached hydrogen (secondary N) is 1. The van der Waals surface area contributed by atoms with Crippen molar-refractivity contribution in [2.75, 3.05) is 26.7 Å². The van der Waals surface area contributed by atoms with E-state index < -0.39 is 12.2 Å². The Morgan fingerprint density at radius 2 is 1.84 bits per heavy atom. The number of hydrogen-bond donors (Lipinski definition) is 1. The predicted molar refractivity (Wildman–Crippen MR) is 136 cm³/mol. The lowest BCUT2D eigenvalue weighted by atomic mass is 10.0. The molecule has 2 aromatic carbocycles. The monoisotopic (exact) mass is 504 g/mol. The van der Waals surface area contributed by atoms with Gasteiger partial charge in [0.15, 0.2) is 0 Å². The van der Waals surface area contributed by atoms with Gasteiger partial charge in [0.05, 0.1) is 20.0 Å². The van der Waals surface area contributed by atoms with Gasteiger partial charge in [0.2, 0.25) is 17.7 Å². The number of hydrogen-bond acceptors (Lipinski definition) is 5. The minimum atomic E-state index is -0.634. The number of carbonyl (C=O) groups is 4. The van der Waals surface area contributed by atoms with Gasteiger partial charge in [0.25, 0.3) is 5.91 Å². The molecule has 3 unspecified atom stereocenters. The average molecular weight is 505 g/mol. The number of nitrogens with zero attached hydrogens (tertiary/aromatic N) is 3. The van der Waals surface area contributed by atoms with Crippen LogP contribution >= 0.6 is 0 Å². The summed E-state index contributed by atoms with van der Waals surface area (Å²) in [5.74, 6) is -0.0285. The van der Waals surface area contributed by atoms with E-state index in [1.165, 1.54) is 0 Å². The van der Waals surface area contributed by atoms with Crippen molar-refractivity contribution in [1.82, 2.24) is 20.0 Å². The Bertz CT molecular complexity index is 1260. The van der Waals surface area contributed by atoms with Crippen LogP contribution in [0.4, 0.5) is 0 Å². The fraction of sp³-hybridized carbons (Fsp3) is 0.429. The molecular weight excluding hydrogens is 472 g/mol. The lowest BCUT2D eigenvalue weighted by Crippen LogP contribution is -2.47. The van der Waals surface area contributed by atoms with E-state index in [-0.39, 0.29) is 49.1 Å². The van der Waals surface area contributed by atoms with Gasteiger partial charge in [0, 0.05) is 36.8 Å². The van der Waals surface area contributed by atoms with Crippen molar-refractivity contribution in [2.45, 2.75) is 51.4 Å². The Labute approximate surface area is 216 Å². The summed E-state index contributed by atoms with van der Waals surface area (Å²) in [7, 11) is 1.56. The van der Waals surface area contributed by atoms with Crippen LogP contribution in [0.2, 0.25) is 0 Å². The Balaban J connectivity index is 1.27. The summed E-state index contributed by atoms with van der Waals surface area (Å²) in [5, 5.41) is 2.99. The smallest absolute Gasteiger partial charge is 0.255 e.